The van der Waals surface area contributed by atoms with Crippen LogP contribution in [0.15, 0.2) is 15.9 Å². The van der Waals surface area contributed by atoms with E-state index in [0.29, 0.717) is 6.04 Å². The topological polar surface area (TPSA) is 29.1 Å². The largest absolute Gasteiger partial charge is 0.308 e. The molecule has 1 saturated heterocycles. The van der Waals surface area contributed by atoms with Crippen LogP contribution in [0.2, 0.25) is 0 Å². The van der Waals surface area contributed by atoms with E-state index >= 15 is 0 Å². The highest BCUT2D eigenvalue weighted by Gasteiger charge is 2.20. The van der Waals surface area contributed by atoms with Crippen molar-refractivity contribution in [3.05, 3.63) is 20.8 Å². The van der Waals surface area contributed by atoms with Gasteiger partial charge in [0.2, 0.25) is 0 Å². The highest BCUT2D eigenvalue weighted by molar-refractivity contribution is 9.10. The Morgan fingerprint density at radius 2 is 2.54 bits per heavy atom. The molecule has 1 fully saturated rings. The van der Waals surface area contributed by atoms with Gasteiger partial charge in [0, 0.05) is 43.6 Å². The fourth-order valence-electron chi connectivity index (χ4n) is 1.37. The lowest BCUT2D eigenvalue weighted by atomic mass is 10.3. The van der Waals surface area contributed by atoms with Crippen LogP contribution in [-0.2, 0) is 10.8 Å². The fraction of sp³-hybridized carbons (Fsp3) is 0.500. The molecule has 0 bridgehead atoms. The van der Waals surface area contributed by atoms with Gasteiger partial charge in [-0.1, -0.05) is 0 Å². The maximum Gasteiger partial charge on any atom is 0.0532 e. The summed E-state index contributed by atoms with van der Waals surface area (Å²) in [4.78, 5) is 1.28. The predicted molar refractivity (Wildman–Crippen MR) is 60.6 cm³/mol. The lowest BCUT2D eigenvalue weighted by Gasteiger charge is -2.21. The van der Waals surface area contributed by atoms with E-state index in [1.165, 1.54) is 4.88 Å². The zero-order valence-electron chi connectivity index (χ0n) is 6.96. The van der Waals surface area contributed by atoms with Crippen molar-refractivity contribution in [1.82, 2.24) is 5.32 Å². The smallest absolute Gasteiger partial charge is 0.0532 e. The maximum absolute atomic E-state index is 11.3. The molecule has 0 saturated carbocycles. The van der Waals surface area contributed by atoms with Crippen molar-refractivity contribution in [2.24, 2.45) is 0 Å². The second-order valence-electron chi connectivity index (χ2n) is 2.98. The van der Waals surface area contributed by atoms with Crippen LogP contribution in [0, 0.1) is 0 Å². The molecule has 1 aliphatic rings. The van der Waals surface area contributed by atoms with Gasteiger partial charge < -0.3 is 5.32 Å². The van der Waals surface area contributed by atoms with E-state index in [4.69, 9.17) is 0 Å². The van der Waals surface area contributed by atoms with Crippen molar-refractivity contribution < 1.29 is 4.21 Å². The van der Waals surface area contributed by atoms with Gasteiger partial charge in [-0.2, -0.15) is 0 Å². The summed E-state index contributed by atoms with van der Waals surface area (Å²) in [6.07, 6.45) is 0. The lowest BCUT2D eigenvalue weighted by molar-refractivity contribution is 0.579. The third-order valence-corrected chi connectivity index (χ3v) is 5.18. The highest BCUT2D eigenvalue weighted by Crippen LogP contribution is 2.27. The molecule has 2 unspecified atom stereocenters. The van der Waals surface area contributed by atoms with Crippen molar-refractivity contribution in [1.29, 1.82) is 0 Å². The monoisotopic (exact) mass is 279 g/mol. The van der Waals surface area contributed by atoms with Crippen molar-refractivity contribution in [2.75, 3.05) is 18.1 Å². The molecule has 2 rings (SSSR count). The molecule has 0 radical (unpaired) electrons. The summed E-state index contributed by atoms with van der Waals surface area (Å²) in [6.45, 7) is 0.868. The van der Waals surface area contributed by atoms with E-state index in [2.05, 4.69) is 32.7 Å². The minimum Gasteiger partial charge on any atom is -0.308 e. The number of hydrogen-bond donors (Lipinski definition) is 1. The first kappa shape index (κ1) is 9.83. The van der Waals surface area contributed by atoms with Crippen LogP contribution in [0.1, 0.15) is 10.9 Å². The summed E-state index contributed by atoms with van der Waals surface area (Å²) in [5.41, 5.74) is 0. The number of hydrogen-bond acceptors (Lipinski definition) is 3. The molecule has 0 amide bonds. The lowest BCUT2D eigenvalue weighted by Crippen LogP contribution is -2.35. The zero-order valence-corrected chi connectivity index (χ0v) is 10.2. The van der Waals surface area contributed by atoms with Gasteiger partial charge in [-0.05, 0) is 22.0 Å². The average Bonchev–Trinajstić information content (AvgIpc) is 2.52. The van der Waals surface area contributed by atoms with Crippen LogP contribution in [-0.4, -0.2) is 22.3 Å². The van der Waals surface area contributed by atoms with Crippen molar-refractivity contribution in [2.45, 2.75) is 6.04 Å². The molecule has 1 aliphatic heterocycles. The molecular formula is C8H10BrNOS2. The molecule has 2 nitrogen and oxygen atoms in total. The Morgan fingerprint density at radius 1 is 1.69 bits per heavy atom. The van der Waals surface area contributed by atoms with Crippen LogP contribution in [0.25, 0.3) is 0 Å². The summed E-state index contributed by atoms with van der Waals surface area (Å²) < 4.78 is 12.4. The number of nitrogens with one attached hydrogen (secondary N) is 1. The molecule has 1 N–H and O–H groups in total. The van der Waals surface area contributed by atoms with Gasteiger partial charge in [0.1, 0.15) is 0 Å². The van der Waals surface area contributed by atoms with Gasteiger partial charge >= 0.3 is 0 Å². The second-order valence-corrected chi connectivity index (χ2v) is 6.46. The van der Waals surface area contributed by atoms with E-state index < -0.39 is 10.8 Å². The third kappa shape index (κ3) is 2.40. The van der Waals surface area contributed by atoms with Gasteiger partial charge in [-0.25, -0.2) is 0 Å². The quantitative estimate of drug-likeness (QED) is 0.851. The Morgan fingerprint density at radius 3 is 3.15 bits per heavy atom. The Balaban J connectivity index is 2.12. The van der Waals surface area contributed by atoms with Crippen LogP contribution in [0.4, 0.5) is 0 Å². The van der Waals surface area contributed by atoms with Crippen LogP contribution >= 0.6 is 27.3 Å². The number of rotatable bonds is 1. The minimum absolute atomic E-state index is 0.297. The Hall–Kier alpha value is 0.290. The minimum atomic E-state index is -0.633. The first-order valence-electron chi connectivity index (χ1n) is 4.08. The molecule has 5 heteroatoms. The Bertz CT molecular complexity index is 326. The molecular weight excluding hydrogens is 270 g/mol. The fourth-order valence-corrected chi connectivity index (χ4v) is 4.18. The zero-order chi connectivity index (χ0) is 9.26. The van der Waals surface area contributed by atoms with Gasteiger partial charge in [0.05, 0.1) is 6.04 Å². The molecule has 2 heterocycles. The summed E-state index contributed by atoms with van der Waals surface area (Å²) in [5.74, 6) is 1.55. The summed E-state index contributed by atoms with van der Waals surface area (Å²) in [5, 5.41) is 5.44. The highest BCUT2D eigenvalue weighted by atomic mass is 79.9. The van der Waals surface area contributed by atoms with E-state index in [-0.39, 0.29) is 0 Å². The normalized spacial score (nSPS) is 29.0. The summed E-state index contributed by atoms with van der Waals surface area (Å²) in [7, 11) is -0.633. The van der Waals surface area contributed by atoms with E-state index in [1.54, 1.807) is 11.3 Å². The van der Waals surface area contributed by atoms with E-state index in [0.717, 1.165) is 22.5 Å². The molecule has 0 spiro atoms. The van der Waals surface area contributed by atoms with Gasteiger partial charge in [0.15, 0.2) is 0 Å². The van der Waals surface area contributed by atoms with Crippen LogP contribution in [0.3, 0.4) is 0 Å². The average molecular weight is 280 g/mol. The number of thiophene rings is 1. The first-order chi connectivity index (χ1) is 6.25. The van der Waals surface area contributed by atoms with Crippen molar-refractivity contribution in [3.63, 3.8) is 0 Å². The molecule has 13 heavy (non-hydrogen) atoms. The number of halogens is 1. The third-order valence-electron chi connectivity index (χ3n) is 2.00. The van der Waals surface area contributed by atoms with Gasteiger partial charge in [0.25, 0.3) is 0 Å². The van der Waals surface area contributed by atoms with Crippen molar-refractivity contribution >= 4 is 38.1 Å². The predicted octanol–water partition coefficient (Wildman–Crippen LogP) is 1.90. The van der Waals surface area contributed by atoms with Crippen LogP contribution < -0.4 is 5.32 Å². The van der Waals surface area contributed by atoms with Crippen LogP contribution in [0.5, 0.6) is 0 Å². The standard InChI is InChI=1S/C8H10BrNOS2/c9-6-3-8(12-4-6)7-5-13(11)2-1-10-7/h3-4,7,10H,1-2,5H2. The van der Waals surface area contributed by atoms with E-state index in [9.17, 15) is 4.21 Å². The van der Waals surface area contributed by atoms with Crippen molar-refractivity contribution in [3.8, 4) is 0 Å². The maximum atomic E-state index is 11.3. The summed E-state index contributed by atoms with van der Waals surface area (Å²) >= 11 is 5.13. The molecule has 0 aromatic carbocycles. The Labute approximate surface area is 92.3 Å². The molecule has 0 aliphatic carbocycles. The van der Waals surface area contributed by atoms with E-state index in [1.807, 2.05) is 0 Å². The van der Waals surface area contributed by atoms with Gasteiger partial charge in [-0.15, -0.1) is 11.3 Å². The second kappa shape index (κ2) is 4.21. The SMILES string of the molecule is O=S1CCNC(c2cc(Br)cs2)C1. The Kier molecular flexibility index (Phi) is 3.18. The summed E-state index contributed by atoms with van der Waals surface area (Å²) in [6, 6.07) is 2.40. The first-order valence-corrected chi connectivity index (χ1v) is 7.24. The molecule has 1 aromatic rings. The molecule has 72 valence electrons. The molecule has 2 atom stereocenters. The molecule has 1 aromatic heterocycles. The van der Waals surface area contributed by atoms with Gasteiger partial charge in [-0.3, -0.25) is 4.21 Å².